The van der Waals surface area contributed by atoms with Gasteiger partial charge in [0.2, 0.25) is 0 Å². The van der Waals surface area contributed by atoms with E-state index in [1.165, 1.54) is 11.3 Å². The molecule has 0 aromatic carbocycles. The number of amides is 1. The first-order valence-corrected chi connectivity index (χ1v) is 6.70. The molecule has 18 heavy (non-hydrogen) atoms. The lowest BCUT2D eigenvalue weighted by Crippen LogP contribution is -2.32. The maximum absolute atomic E-state index is 11.8. The number of hydrogen-bond donors (Lipinski definition) is 2. The molecule has 1 rings (SSSR count). The summed E-state index contributed by atoms with van der Waals surface area (Å²) in [6.45, 7) is 5.84. The third-order valence-electron chi connectivity index (χ3n) is 2.41. The second-order valence-electron chi connectivity index (χ2n) is 4.52. The summed E-state index contributed by atoms with van der Waals surface area (Å²) in [6.07, 6.45) is 2.05. The van der Waals surface area contributed by atoms with Crippen molar-refractivity contribution in [1.82, 2.24) is 10.3 Å². The van der Waals surface area contributed by atoms with Crippen molar-refractivity contribution < 1.29 is 14.7 Å². The maximum atomic E-state index is 11.8. The topological polar surface area (TPSA) is 79.3 Å². The van der Waals surface area contributed by atoms with Crippen molar-refractivity contribution in [3.05, 3.63) is 16.1 Å². The molecule has 2 N–H and O–H groups in total. The van der Waals surface area contributed by atoms with Gasteiger partial charge in [0, 0.05) is 18.4 Å². The summed E-state index contributed by atoms with van der Waals surface area (Å²) in [6, 6.07) is -0.154. The number of carbonyl (C=O) groups is 2. The van der Waals surface area contributed by atoms with Crippen LogP contribution in [-0.4, -0.2) is 28.0 Å². The molecule has 0 bridgehead atoms. The first-order valence-electron chi connectivity index (χ1n) is 5.88. The minimum absolute atomic E-state index is 0.0569. The molecular formula is C12H18N2O3S. The zero-order valence-corrected chi connectivity index (χ0v) is 11.6. The van der Waals surface area contributed by atoms with Crippen LogP contribution in [0, 0.1) is 0 Å². The van der Waals surface area contributed by atoms with Crippen LogP contribution in [0.2, 0.25) is 0 Å². The number of nitrogens with zero attached hydrogens (tertiary/aromatic N) is 1. The van der Waals surface area contributed by atoms with Crippen LogP contribution in [0.5, 0.6) is 0 Å². The standard InChI is InChI=1S/C12H18N2O3S/c1-7(2)12-13-6-9(18-12)11(17)14-8(3)4-5-10(15)16/h6-8H,4-5H2,1-3H3,(H,14,17)(H,15,16). The van der Waals surface area contributed by atoms with E-state index in [0.29, 0.717) is 17.2 Å². The Bertz CT molecular complexity index is 429. The fourth-order valence-electron chi connectivity index (χ4n) is 1.37. The Kier molecular flexibility index (Phi) is 5.27. The number of aromatic nitrogens is 1. The highest BCUT2D eigenvalue weighted by atomic mass is 32.1. The van der Waals surface area contributed by atoms with Crippen molar-refractivity contribution in [2.45, 2.75) is 45.6 Å². The highest BCUT2D eigenvalue weighted by molar-refractivity contribution is 7.13. The van der Waals surface area contributed by atoms with Crippen LogP contribution in [0.1, 0.15) is 54.2 Å². The molecule has 1 aromatic heterocycles. The highest BCUT2D eigenvalue weighted by Gasteiger charge is 2.15. The summed E-state index contributed by atoms with van der Waals surface area (Å²) in [5.74, 6) is -0.728. The first-order chi connectivity index (χ1) is 8.40. The van der Waals surface area contributed by atoms with Gasteiger partial charge in [-0.05, 0) is 13.3 Å². The maximum Gasteiger partial charge on any atom is 0.303 e. The van der Waals surface area contributed by atoms with Gasteiger partial charge in [-0.2, -0.15) is 0 Å². The van der Waals surface area contributed by atoms with Gasteiger partial charge in [-0.15, -0.1) is 11.3 Å². The number of hydrogen-bond acceptors (Lipinski definition) is 4. The van der Waals surface area contributed by atoms with Gasteiger partial charge in [-0.1, -0.05) is 13.8 Å². The molecular weight excluding hydrogens is 252 g/mol. The van der Waals surface area contributed by atoms with Gasteiger partial charge in [0.25, 0.3) is 5.91 Å². The lowest BCUT2D eigenvalue weighted by Gasteiger charge is -2.11. The van der Waals surface area contributed by atoms with Crippen LogP contribution in [0.15, 0.2) is 6.20 Å². The molecule has 1 aromatic rings. The number of thiazole rings is 1. The van der Waals surface area contributed by atoms with Crippen molar-refractivity contribution in [3.63, 3.8) is 0 Å². The summed E-state index contributed by atoms with van der Waals surface area (Å²) < 4.78 is 0. The number of carbonyl (C=O) groups excluding carboxylic acids is 1. The number of aliphatic carboxylic acids is 1. The fraction of sp³-hybridized carbons (Fsp3) is 0.583. The van der Waals surface area contributed by atoms with Gasteiger partial charge in [0.05, 0.1) is 11.2 Å². The summed E-state index contributed by atoms with van der Waals surface area (Å²) in [7, 11) is 0. The molecule has 0 fully saturated rings. The third kappa shape index (κ3) is 4.44. The Labute approximate surface area is 110 Å². The molecule has 1 heterocycles. The van der Waals surface area contributed by atoms with Crippen molar-refractivity contribution in [1.29, 1.82) is 0 Å². The van der Waals surface area contributed by atoms with Crippen molar-refractivity contribution in [3.8, 4) is 0 Å². The molecule has 1 amide bonds. The predicted octanol–water partition coefficient (Wildman–Crippen LogP) is 2.25. The number of carboxylic acid groups (broad SMARTS) is 1. The van der Waals surface area contributed by atoms with Gasteiger partial charge in [0.1, 0.15) is 4.88 Å². The van der Waals surface area contributed by atoms with E-state index in [2.05, 4.69) is 10.3 Å². The van der Waals surface area contributed by atoms with Crippen LogP contribution in [0.25, 0.3) is 0 Å². The summed E-state index contributed by atoms with van der Waals surface area (Å²) in [4.78, 5) is 27.0. The number of rotatable bonds is 6. The van der Waals surface area contributed by atoms with E-state index >= 15 is 0 Å². The van der Waals surface area contributed by atoms with Crippen molar-refractivity contribution >= 4 is 23.2 Å². The van der Waals surface area contributed by atoms with Crippen LogP contribution in [0.4, 0.5) is 0 Å². The summed E-state index contributed by atoms with van der Waals surface area (Å²) >= 11 is 1.38. The van der Waals surface area contributed by atoms with E-state index in [-0.39, 0.29) is 18.4 Å². The second kappa shape index (κ2) is 6.49. The van der Waals surface area contributed by atoms with Gasteiger partial charge in [0.15, 0.2) is 0 Å². The quantitative estimate of drug-likeness (QED) is 0.831. The molecule has 0 saturated heterocycles. The average molecular weight is 270 g/mol. The number of nitrogens with one attached hydrogen (secondary N) is 1. The molecule has 5 nitrogen and oxygen atoms in total. The zero-order valence-electron chi connectivity index (χ0n) is 10.8. The third-order valence-corrected chi connectivity index (χ3v) is 3.71. The molecule has 0 aliphatic carbocycles. The SMILES string of the molecule is CC(CCC(=O)O)NC(=O)c1cnc(C(C)C)s1. The Morgan fingerprint density at radius 3 is 2.61 bits per heavy atom. The normalized spacial score (nSPS) is 12.4. The Morgan fingerprint density at radius 1 is 1.44 bits per heavy atom. The van der Waals surface area contributed by atoms with E-state index in [1.807, 2.05) is 13.8 Å². The second-order valence-corrected chi connectivity index (χ2v) is 5.59. The lowest BCUT2D eigenvalue weighted by atomic mass is 10.2. The monoisotopic (exact) mass is 270 g/mol. The Hall–Kier alpha value is -1.43. The summed E-state index contributed by atoms with van der Waals surface area (Å²) in [5, 5.41) is 12.3. The molecule has 0 saturated carbocycles. The van der Waals surface area contributed by atoms with E-state index in [1.54, 1.807) is 13.1 Å². The van der Waals surface area contributed by atoms with Crippen LogP contribution in [0.3, 0.4) is 0 Å². The lowest BCUT2D eigenvalue weighted by molar-refractivity contribution is -0.137. The summed E-state index contributed by atoms with van der Waals surface area (Å²) in [5.41, 5.74) is 0. The van der Waals surface area contributed by atoms with Crippen LogP contribution in [-0.2, 0) is 4.79 Å². The molecule has 0 radical (unpaired) electrons. The van der Waals surface area contributed by atoms with E-state index in [4.69, 9.17) is 5.11 Å². The van der Waals surface area contributed by atoms with Crippen molar-refractivity contribution in [2.24, 2.45) is 0 Å². The van der Waals surface area contributed by atoms with Gasteiger partial charge in [-0.3, -0.25) is 9.59 Å². The molecule has 0 spiro atoms. The predicted molar refractivity (Wildman–Crippen MR) is 70.0 cm³/mol. The molecule has 100 valence electrons. The minimum atomic E-state index is -0.851. The molecule has 1 unspecified atom stereocenters. The van der Waals surface area contributed by atoms with E-state index in [9.17, 15) is 9.59 Å². The largest absolute Gasteiger partial charge is 0.481 e. The van der Waals surface area contributed by atoms with Crippen LogP contribution >= 0.6 is 11.3 Å². The first kappa shape index (κ1) is 14.6. The molecule has 0 aliphatic rings. The number of carboxylic acids is 1. The van der Waals surface area contributed by atoms with Crippen LogP contribution < -0.4 is 5.32 Å². The van der Waals surface area contributed by atoms with Crippen molar-refractivity contribution in [2.75, 3.05) is 0 Å². The molecule has 6 heteroatoms. The van der Waals surface area contributed by atoms with Gasteiger partial charge >= 0.3 is 5.97 Å². The van der Waals surface area contributed by atoms with E-state index < -0.39 is 5.97 Å². The smallest absolute Gasteiger partial charge is 0.303 e. The average Bonchev–Trinajstić information content (AvgIpc) is 2.75. The Balaban J connectivity index is 2.51. The fourth-order valence-corrected chi connectivity index (χ4v) is 2.19. The Morgan fingerprint density at radius 2 is 2.11 bits per heavy atom. The zero-order chi connectivity index (χ0) is 13.7. The molecule has 0 aliphatic heterocycles. The van der Waals surface area contributed by atoms with Gasteiger partial charge < -0.3 is 10.4 Å². The molecule has 1 atom stereocenters. The van der Waals surface area contributed by atoms with E-state index in [0.717, 1.165) is 5.01 Å². The van der Waals surface area contributed by atoms with Gasteiger partial charge in [-0.25, -0.2) is 4.98 Å². The highest BCUT2D eigenvalue weighted by Crippen LogP contribution is 2.21. The minimum Gasteiger partial charge on any atom is -0.481 e.